The third kappa shape index (κ3) is 3.78. The van der Waals surface area contributed by atoms with Crippen LogP contribution < -0.4 is 14.5 Å². The lowest BCUT2D eigenvalue weighted by atomic mass is 10.0. The topological polar surface area (TPSA) is 53.1 Å². The van der Waals surface area contributed by atoms with Crippen LogP contribution in [0.2, 0.25) is 0 Å². The van der Waals surface area contributed by atoms with E-state index in [1.807, 2.05) is 48.5 Å². The van der Waals surface area contributed by atoms with Crippen molar-refractivity contribution in [2.75, 3.05) is 43.1 Å². The fourth-order valence-corrected chi connectivity index (χ4v) is 4.41. The van der Waals surface area contributed by atoms with Gasteiger partial charge in [-0.1, -0.05) is 12.1 Å². The quantitative estimate of drug-likeness (QED) is 0.637. The van der Waals surface area contributed by atoms with Gasteiger partial charge in [0, 0.05) is 31.9 Å². The minimum Gasteiger partial charge on any atom is -0.497 e. The van der Waals surface area contributed by atoms with Gasteiger partial charge in [-0.25, -0.2) is 4.90 Å². The van der Waals surface area contributed by atoms with E-state index in [1.165, 1.54) is 4.90 Å². The predicted molar refractivity (Wildman–Crippen MR) is 123 cm³/mol. The molecule has 2 aliphatic rings. The van der Waals surface area contributed by atoms with Crippen LogP contribution in [-0.2, 0) is 9.59 Å². The third-order valence-electron chi connectivity index (χ3n) is 6.10. The Balaban J connectivity index is 1.72. The summed E-state index contributed by atoms with van der Waals surface area (Å²) in [6, 6.07) is 15.0. The van der Waals surface area contributed by atoms with Gasteiger partial charge in [0.15, 0.2) is 0 Å². The molecule has 0 radical (unpaired) electrons. The standard InChI is InChI=1S/C25H29N3O3/c1-4-26(5-2)19-10-12-20(13-11-19)28-24(29)22(18-8-14-21(31-3)15-9-18)23(25(28)30)27-16-6-7-17-27/h8-15H,4-7,16-17H2,1-3H3. The Hall–Kier alpha value is -3.28. The average molecular weight is 420 g/mol. The number of carbonyl (C=O) groups excluding carboxylic acids is 2. The first kappa shape index (κ1) is 21.0. The molecule has 0 saturated carbocycles. The van der Waals surface area contributed by atoms with E-state index in [-0.39, 0.29) is 11.8 Å². The molecule has 1 fully saturated rings. The van der Waals surface area contributed by atoms with Crippen LogP contribution in [0.15, 0.2) is 54.2 Å². The van der Waals surface area contributed by atoms with Crippen LogP contribution in [0.25, 0.3) is 5.57 Å². The van der Waals surface area contributed by atoms with Crippen molar-refractivity contribution in [1.82, 2.24) is 4.90 Å². The largest absolute Gasteiger partial charge is 0.497 e. The number of hydrogen-bond donors (Lipinski definition) is 0. The molecule has 4 rings (SSSR count). The summed E-state index contributed by atoms with van der Waals surface area (Å²) in [7, 11) is 1.61. The zero-order chi connectivity index (χ0) is 22.0. The smallest absolute Gasteiger partial charge is 0.282 e. The average Bonchev–Trinajstić information content (AvgIpc) is 3.41. The van der Waals surface area contributed by atoms with Crippen LogP contribution in [0.5, 0.6) is 5.75 Å². The van der Waals surface area contributed by atoms with Gasteiger partial charge in [-0.15, -0.1) is 0 Å². The first-order valence-corrected chi connectivity index (χ1v) is 11.0. The molecule has 2 heterocycles. The van der Waals surface area contributed by atoms with Crippen LogP contribution >= 0.6 is 0 Å². The van der Waals surface area contributed by atoms with Crippen molar-refractivity contribution in [3.8, 4) is 5.75 Å². The van der Waals surface area contributed by atoms with Crippen LogP contribution in [0.3, 0.4) is 0 Å². The predicted octanol–water partition coefficient (Wildman–Crippen LogP) is 3.92. The number of methoxy groups -OCH3 is 1. The van der Waals surface area contributed by atoms with E-state index in [4.69, 9.17) is 4.74 Å². The van der Waals surface area contributed by atoms with Crippen molar-refractivity contribution in [3.63, 3.8) is 0 Å². The number of nitrogens with zero attached hydrogens (tertiary/aromatic N) is 3. The Bertz CT molecular complexity index is 986. The van der Waals surface area contributed by atoms with Gasteiger partial charge in [-0.2, -0.15) is 0 Å². The summed E-state index contributed by atoms with van der Waals surface area (Å²) in [6.07, 6.45) is 2.05. The van der Waals surface area contributed by atoms with Gasteiger partial charge in [-0.3, -0.25) is 9.59 Å². The van der Waals surface area contributed by atoms with Crippen LogP contribution in [-0.4, -0.2) is 50.0 Å². The first-order valence-electron chi connectivity index (χ1n) is 11.0. The van der Waals surface area contributed by atoms with Crippen LogP contribution in [0, 0.1) is 0 Å². The number of rotatable bonds is 7. The molecule has 0 bridgehead atoms. The van der Waals surface area contributed by atoms with E-state index >= 15 is 0 Å². The monoisotopic (exact) mass is 419 g/mol. The molecule has 2 aromatic rings. The summed E-state index contributed by atoms with van der Waals surface area (Å²) < 4.78 is 5.25. The number of ether oxygens (including phenoxy) is 1. The van der Waals surface area contributed by atoms with Gasteiger partial charge in [0.2, 0.25) is 0 Å². The lowest BCUT2D eigenvalue weighted by Crippen LogP contribution is -2.34. The molecule has 2 amide bonds. The summed E-state index contributed by atoms with van der Waals surface area (Å²) in [5, 5.41) is 0. The molecule has 31 heavy (non-hydrogen) atoms. The Morgan fingerprint density at radius 3 is 2.03 bits per heavy atom. The summed E-state index contributed by atoms with van der Waals surface area (Å²) in [4.78, 5) is 32.7. The molecule has 0 aromatic heterocycles. The number of imide groups is 1. The van der Waals surface area contributed by atoms with Crippen molar-refractivity contribution in [1.29, 1.82) is 0 Å². The maximum absolute atomic E-state index is 13.5. The van der Waals surface area contributed by atoms with E-state index in [2.05, 4.69) is 23.6 Å². The second kappa shape index (κ2) is 8.84. The molecule has 2 aromatic carbocycles. The van der Waals surface area contributed by atoms with Crippen molar-refractivity contribution >= 4 is 28.8 Å². The maximum Gasteiger partial charge on any atom is 0.282 e. The first-order chi connectivity index (χ1) is 15.1. The molecular formula is C25H29N3O3. The van der Waals surface area contributed by atoms with Crippen LogP contribution in [0.4, 0.5) is 11.4 Å². The highest BCUT2D eigenvalue weighted by Crippen LogP contribution is 2.37. The summed E-state index contributed by atoms with van der Waals surface area (Å²) >= 11 is 0. The molecule has 0 spiro atoms. The Labute approximate surface area is 183 Å². The molecule has 0 aliphatic carbocycles. The summed E-state index contributed by atoms with van der Waals surface area (Å²) in [6.45, 7) is 7.61. The minimum atomic E-state index is -0.271. The normalized spacial score (nSPS) is 16.5. The van der Waals surface area contributed by atoms with Crippen LogP contribution in [0.1, 0.15) is 32.3 Å². The minimum absolute atomic E-state index is 0.242. The van der Waals surface area contributed by atoms with E-state index in [9.17, 15) is 9.59 Å². The lowest BCUT2D eigenvalue weighted by Gasteiger charge is -2.23. The molecule has 6 nitrogen and oxygen atoms in total. The third-order valence-corrected chi connectivity index (χ3v) is 6.10. The second-order valence-electron chi connectivity index (χ2n) is 7.78. The van der Waals surface area contributed by atoms with Gasteiger partial charge >= 0.3 is 0 Å². The molecule has 162 valence electrons. The SMILES string of the molecule is CCN(CC)c1ccc(N2C(=O)C(c3ccc(OC)cc3)=C(N3CCCC3)C2=O)cc1. The summed E-state index contributed by atoms with van der Waals surface area (Å²) in [5.41, 5.74) is 3.41. The molecule has 1 saturated heterocycles. The Morgan fingerprint density at radius 2 is 1.48 bits per heavy atom. The maximum atomic E-state index is 13.5. The van der Waals surface area contributed by atoms with Gasteiger partial charge in [-0.05, 0) is 68.7 Å². The zero-order valence-electron chi connectivity index (χ0n) is 18.4. The fraction of sp³-hybridized carbons (Fsp3) is 0.360. The van der Waals surface area contributed by atoms with Crippen molar-refractivity contribution in [2.24, 2.45) is 0 Å². The van der Waals surface area contributed by atoms with E-state index in [1.54, 1.807) is 7.11 Å². The lowest BCUT2D eigenvalue weighted by molar-refractivity contribution is -0.120. The van der Waals surface area contributed by atoms with Crippen molar-refractivity contribution in [2.45, 2.75) is 26.7 Å². The highest BCUT2D eigenvalue weighted by molar-refractivity contribution is 6.45. The Kier molecular flexibility index (Phi) is 5.98. The molecule has 0 unspecified atom stereocenters. The summed E-state index contributed by atoms with van der Waals surface area (Å²) in [5.74, 6) is 0.202. The second-order valence-corrected chi connectivity index (χ2v) is 7.78. The number of carbonyl (C=O) groups is 2. The van der Waals surface area contributed by atoms with E-state index < -0.39 is 0 Å². The number of anilines is 2. The number of hydrogen-bond acceptors (Lipinski definition) is 5. The van der Waals surface area contributed by atoms with Gasteiger partial charge < -0.3 is 14.5 Å². The van der Waals surface area contributed by atoms with Gasteiger partial charge in [0.1, 0.15) is 11.4 Å². The zero-order valence-corrected chi connectivity index (χ0v) is 18.4. The van der Waals surface area contributed by atoms with Crippen molar-refractivity contribution < 1.29 is 14.3 Å². The van der Waals surface area contributed by atoms with Gasteiger partial charge in [0.25, 0.3) is 11.8 Å². The molecule has 6 heteroatoms. The molecule has 0 atom stereocenters. The van der Waals surface area contributed by atoms with Crippen molar-refractivity contribution in [3.05, 3.63) is 59.8 Å². The van der Waals surface area contributed by atoms with E-state index in [0.29, 0.717) is 22.7 Å². The molecule has 2 aliphatic heterocycles. The number of likely N-dealkylation sites (tertiary alicyclic amines) is 1. The Morgan fingerprint density at radius 1 is 0.871 bits per heavy atom. The van der Waals surface area contributed by atoms with E-state index in [0.717, 1.165) is 50.3 Å². The number of benzene rings is 2. The number of amides is 2. The molecular weight excluding hydrogens is 390 g/mol. The molecule has 0 N–H and O–H groups in total. The fourth-order valence-electron chi connectivity index (χ4n) is 4.41. The highest BCUT2D eigenvalue weighted by Gasteiger charge is 2.42. The van der Waals surface area contributed by atoms with Gasteiger partial charge in [0.05, 0.1) is 18.4 Å². The highest BCUT2D eigenvalue weighted by atomic mass is 16.5.